The van der Waals surface area contributed by atoms with E-state index >= 15 is 0 Å². The van der Waals surface area contributed by atoms with Crippen LogP contribution < -0.4 is 10.6 Å². The van der Waals surface area contributed by atoms with Crippen molar-refractivity contribution >= 4 is 17.4 Å². The van der Waals surface area contributed by atoms with E-state index in [9.17, 15) is 9.90 Å². The largest absolute Gasteiger partial charge is 0.466 e. The minimum Gasteiger partial charge on any atom is -0.466 e. The first kappa shape index (κ1) is 13.6. The third-order valence-electron chi connectivity index (χ3n) is 2.70. The van der Waals surface area contributed by atoms with E-state index in [1.807, 2.05) is 24.4 Å². The molecule has 0 fully saturated rings. The summed E-state index contributed by atoms with van der Waals surface area (Å²) in [4.78, 5) is 12.2. The molecule has 0 aliphatic heterocycles. The molecule has 3 N–H and O–H groups in total. The molecular weight excluding hydrogens is 264 g/mol. The van der Waals surface area contributed by atoms with Gasteiger partial charge in [-0.1, -0.05) is 6.07 Å². The van der Waals surface area contributed by atoms with Crippen LogP contribution in [0.15, 0.2) is 40.3 Å². The van der Waals surface area contributed by atoms with Crippen molar-refractivity contribution in [3.8, 4) is 0 Å². The highest BCUT2D eigenvalue weighted by Crippen LogP contribution is 2.32. The summed E-state index contributed by atoms with van der Waals surface area (Å²) < 4.78 is 5.30. The molecule has 2 rings (SSSR count). The predicted octanol–water partition coefficient (Wildman–Crippen LogP) is 1.90. The molecule has 19 heavy (non-hydrogen) atoms. The van der Waals surface area contributed by atoms with Crippen LogP contribution in [0.25, 0.3) is 0 Å². The lowest BCUT2D eigenvalue weighted by atomic mass is 9.99. The van der Waals surface area contributed by atoms with E-state index in [4.69, 9.17) is 4.42 Å². The Labute approximate surface area is 115 Å². The number of thiophene rings is 1. The van der Waals surface area contributed by atoms with E-state index in [0.717, 1.165) is 4.88 Å². The Morgan fingerprint density at radius 2 is 2.26 bits per heavy atom. The minimum absolute atomic E-state index is 0.0485. The third-order valence-corrected chi connectivity index (χ3v) is 3.72. The molecule has 102 valence electrons. The van der Waals surface area contributed by atoms with Crippen LogP contribution >= 0.6 is 11.3 Å². The van der Waals surface area contributed by atoms with E-state index in [-0.39, 0.29) is 12.6 Å². The standard InChI is InChI=1S/C13H16N2O3S/c1-2-14-12(16)15-9-13(17,10-5-3-7-18-10)11-6-4-8-19-11/h3-8,17H,2,9H2,1H3,(H2,14,15,16). The van der Waals surface area contributed by atoms with Crippen LogP contribution in [0.3, 0.4) is 0 Å². The van der Waals surface area contributed by atoms with Crippen molar-refractivity contribution < 1.29 is 14.3 Å². The highest BCUT2D eigenvalue weighted by atomic mass is 32.1. The maximum atomic E-state index is 11.5. The SMILES string of the molecule is CCNC(=O)NCC(O)(c1ccco1)c1cccs1. The average molecular weight is 280 g/mol. The molecule has 0 saturated carbocycles. The second-order valence-corrected chi connectivity index (χ2v) is 4.98. The number of furan rings is 1. The molecule has 5 nitrogen and oxygen atoms in total. The molecule has 1 unspecified atom stereocenters. The maximum Gasteiger partial charge on any atom is 0.314 e. The highest BCUT2D eigenvalue weighted by molar-refractivity contribution is 7.10. The zero-order valence-electron chi connectivity index (χ0n) is 10.6. The Morgan fingerprint density at radius 3 is 2.84 bits per heavy atom. The van der Waals surface area contributed by atoms with Gasteiger partial charge >= 0.3 is 6.03 Å². The molecule has 2 heterocycles. The smallest absolute Gasteiger partial charge is 0.314 e. The highest BCUT2D eigenvalue weighted by Gasteiger charge is 2.36. The molecule has 0 aliphatic carbocycles. The lowest BCUT2D eigenvalue weighted by Crippen LogP contribution is -2.44. The molecule has 0 aromatic carbocycles. The molecular formula is C13H16N2O3S. The summed E-state index contributed by atoms with van der Waals surface area (Å²) in [6.45, 7) is 2.41. The van der Waals surface area contributed by atoms with Gasteiger partial charge in [-0.05, 0) is 30.5 Å². The summed E-state index contributed by atoms with van der Waals surface area (Å²) in [6.07, 6.45) is 1.50. The van der Waals surface area contributed by atoms with Crippen molar-refractivity contribution in [1.82, 2.24) is 10.6 Å². The summed E-state index contributed by atoms with van der Waals surface area (Å²) in [7, 11) is 0. The Morgan fingerprint density at radius 1 is 1.42 bits per heavy atom. The monoisotopic (exact) mass is 280 g/mol. The number of aliphatic hydroxyl groups is 1. The van der Waals surface area contributed by atoms with Crippen molar-refractivity contribution in [3.05, 3.63) is 46.5 Å². The van der Waals surface area contributed by atoms with Crippen molar-refractivity contribution in [2.75, 3.05) is 13.1 Å². The van der Waals surface area contributed by atoms with Gasteiger partial charge in [0.05, 0.1) is 12.8 Å². The molecule has 0 bridgehead atoms. The van der Waals surface area contributed by atoms with Crippen molar-refractivity contribution in [1.29, 1.82) is 0 Å². The molecule has 2 amide bonds. The number of hydrogen-bond acceptors (Lipinski definition) is 4. The van der Waals surface area contributed by atoms with Crippen LogP contribution in [0.2, 0.25) is 0 Å². The fourth-order valence-electron chi connectivity index (χ4n) is 1.75. The first-order chi connectivity index (χ1) is 9.16. The van der Waals surface area contributed by atoms with Gasteiger partial charge in [0.15, 0.2) is 5.60 Å². The first-order valence-electron chi connectivity index (χ1n) is 5.99. The maximum absolute atomic E-state index is 11.5. The molecule has 0 spiro atoms. The van der Waals surface area contributed by atoms with Crippen LogP contribution in [0, 0.1) is 0 Å². The Hall–Kier alpha value is -1.79. The van der Waals surface area contributed by atoms with E-state index in [0.29, 0.717) is 12.3 Å². The number of carbonyl (C=O) groups is 1. The van der Waals surface area contributed by atoms with Gasteiger partial charge in [-0.15, -0.1) is 11.3 Å². The molecule has 0 saturated heterocycles. The van der Waals surface area contributed by atoms with E-state index in [1.165, 1.54) is 17.6 Å². The summed E-state index contributed by atoms with van der Waals surface area (Å²) >= 11 is 1.41. The van der Waals surface area contributed by atoms with Crippen LogP contribution in [0.1, 0.15) is 17.6 Å². The molecule has 0 aliphatic rings. The van der Waals surface area contributed by atoms with Crippen LogP contribution in [-0.4, -0.2) is 24.2 Å². The van der Waals surface area contributed by atoms with Gasteiger partial charge in [-0.3, -0.25) is 0 Å². The number of hydrogen-bond donors (Lipinski definition) is 3. The first-order valence-corrected chi connectivity index (χ1v) is 6.87. The summed E-state index contributed by atoms with van der Waals surface area (Å²) in [5.74, 6) is 0.409. The van der Waals surface area contributed by atoms with Crippen molar-refractivity contribution in [2.24, 2.45) is 0 Å². The number of rotatable bonds is 5. The van der Waals surface area contributed by atoms with Crippen LogP contribution in [-0.2, 0) is 5.60 Å². The second kappa shape index (κ2) is 5.90. The Bertz CT molecular complexity index is 474. The molecule has 2 aromatic rings. The van der Waals surface area contributed by atoms with Gasteiger partial charge in [0.2, 0.25) is 0 Å². The Balaban J connectivity index is 2.19. The quantitative estimate of drug-likeness (QED) is 0.783. The molecule has 0 radical (unpaired) electrons. The van der Waals surface area contributed by atoms with Gasteiger partial charge in [0, 0.05) is 11.4 Å². The molecule has 2 aromatic heterocycles. The van der Waals surface area contributed by atoms with E-state index in [1.54, 1.807) is 12.1 Å². The summed E-state index contributed by atoms with van der Waals surface area (Å²) in [6, 6.07) is 6.75. The number of urea groups is 1. The zero-order valence-corrected chi connectivity index (χ0v) is 11.4. The number of carbonyl (C=O) groups excluding carboxylic acids is 1. The second-order valence-electron chi connectivity index (χ2n) is 4.03. The minimum atomic E-state index is -1.34. The topological polar surface area (TPSA) is 74.5 Å². The summed E-state index contributed by atoms with van der Waals surface area (Å²) in [5, 5.41) is 18.0. The number of nitrogens with one attached hydrogen (secondary N) is 2. The van der Waals surface area contributed by atoms with Crippen LogP contribution in [0.4, 0.5) is 4.79 Å². The third kappa shape index (κ3) is 2.97. The van der Waals surface area contributed by atoms with Gasteiger partial charge in [0.25, 0.3) is 0 Å². The Kier molecular flexibility index (Phi) is 4.24. The van der Waals surface area contributed by atoms with Crippen LogP contribution in [0.5, 0.6) is 0 Å². The molecule has 1 atom stereocenters. The number of amides is 2. The van der Waals surface area contributed by atoms with Crippen molar-refractivity contribution in [2.45, 2.75) is 12.5 Å². The fourth-order valence-corrected chi connectivity index (χ4v) is 2.58. The summed E-state index contributed by atoms with van der Waals surface area (Å²) in [5.41, 5.74) is -1.34. The van der Waals surface area contributed by atoms with Crippen molar-refractivity contribution in [3.63, 3.8) is 0 Å². The van der Waals surface area contributed by atoms with E-state index in [2.05, 4.69) is 10.6 Å². The lowest BCUT2D eigenvalue weighted by molar-refractivity contribution is 0.0623. The predicted molar refractivity (Wildman–Crippen MR) is 73.1 cm³/mol. The lowest BCUT2D eigenvalue weighted by Gasteiger charge is -2.25. The fraction of sp³-hybridized carbons (Fsp3) is 0.308. The zero-order chi connectivity index (χ0) is 13.7. The van der Waals surface area contributed by atoms with Gasteiger partial charge in [0.1, 0.15) is 5.76 Å². The van der Waals surface area contributed by atoms with Gasteiger partial charge in [-0.2, -0.15) is 0 Å². The van der Waals surface area contributed by atoms with Gasteiger partial charge in [-0.25, -0.2) is 4.79 Å². The van der Waals surface area contributed by atoms with Gasteiger partial charge < -0.3 is 20.2 Å². The normalized spacial score (nSPS) is 13.8. The average Bonchev–Trinajstić information content (AvgIpc) is 3.08. The molecule has 6 heteroatoms. The van der Waals surface area contributed by atoms with E-state index < -0.39 is 5.60 Å².